The van der Waals surface area contributed by atoms with Gasteiger partial charge in [0.1, 0.15) is 42.0 Å². The van der Waals surface area contributed by atoms with E-state index in [1.165, 1.54) is 44.2 Å². The Kier molecular flexibility index (Phi) is 9.92. The third-order valence-electron chi connectivity index (χ3n) is 9.36. The third-order valence-corrected chi connectivity index (χ3v) is 9.36. The fraction of sp³-hybridized carbons (Fsp3) is 0.324. The molecule has 0 radical (unpaired) electrons. The topological polar surface area (TPSA) is 101 Å². The number of fused-ring (bicyclic) bond motifs is 6. The van der Waals surface area contributed by atoms with Gasteiger partial charge in [-0.25, -0.2) is 17.6 Å². The Morgan fingerprint density at radius 1 is 0.981 bits per heavy atom. The normalized spacial score (nSPS) is 18.1. The first-order valence-corrected chi connectivity index (χ1v) is 16.2. The first-order chi connectivity index (χ1) is 24.5. The molecule has 15 heteroatoms. The minimum absolute atomic E-state index is 0.00320. The number of amides is 1. The molecule has 52 heavy (non-hydrogen) atoms. The molecular formula is C37H32F7N3O5. The van der Waals surface area contributed by atoms with Gasteiger partial charge in [-0.05, 0) is 84.5 Å². The summed E-state index contributed by atoms with van der Waals surface area (Å²) in [7, 11) is 0. The van der Waals surface area contributed by atoms with Gasteiger partial charge in [0.25, 0.3) is 5.56 Å². The van der Waals surface area contributed by atoms with Crippen LogP contribution in [0.5, 0.6) is 5.75 Å². The van der Waals surface area contributed by atoms with Crippen LogP contribution in [0.3, 0.4) is 0 Å². The number of nitrogens with zero attached hydrogens (tertiary/aromatic N) is 2. The molecule has 1 saturated heterocycles. The maximum atomic E-state index is 15.9. The SMILES string of the molecule is Cc1cc2cc(c1F)[C@H](CC(=O)O)NC(=O)[C@H](n1cc(CCN3CC(F)C3)c(C(F)(F)F)cc1=O)c1cc(ccc1F)COc1ccc(F)c(C)c1-2. The molecule has 2 aliphatic rings. The largest absolute Gasteiger partial charge is 0.488 e. The highest BCUT2D eigenvalue weighted by Crippen LogP contribution is 2.39. The van der Waals surface area contributed by atoms with Crippen LogP contribution in [0.25, 0.3) is 11.1 Å². The molecule has 2 aliphatic heterocycles. The summed E-state index contributed by atoms with van der Waals surface area (Å²) in [4.78, 5) is 41.5. The van der Waals surface area contributed by atoms with Gasteiger partial charge in [0.2, 0.25) is 5.91 Å². The molecule has 6 rings (SSSR count). The third kappa shape index (κ3) is 7.27. The van der Waals surface area contributed by atoms with Crippen LogP contribution in [0.2, 0.25) is 0 Å². The van der Waals surface area contributed by atoms with E-state index in [1.807, 2.05) is 0 Å². The minimum atomic E-state index is -5.00. The lowest BCUT2D eigenvalue weighted by Gasteiger charge is -2.34. The summed E-state index contributed by atoms with van der Waals surface area (Å²) < 4.78 is 109. The molecule has 1 aromatic heterocycles. The van der Waals surface area contributed by atoms with Crippen molar-refractivity contribution in [1.82, 2.24) is 14.8 Å². The second-order valence-corrected chi connectivity index (χ2v) is 13.0. The molecular weight excluding hydrogens is 699 g/mol. The van der Waals surface area contributed by atoms with E-state index in [1.54, 1.807) is 4.90 Å². The van der Waals surface area contributed by atoms with E-state index < -0.39 is 82.4 Å². The Bertz CT molecular complexity index is 2130. The Hall–Kier alpha value is -5.18. The number of aliphatic carboxylic acids is 1. The number of hydrogen-bond acceptors (Lipinski definition) is 5. The van der Waals surface area contributed by atoms with Crippen molar-refractivity contribution in [3.8, 4) is 16.9 Å². The maximum Gasteiger partial charge on any atom is 0.416 e. The zero-order valence-corrected chi connectivity index (χ0v) is 27.8. The van der Waals surface area contributed by atoms with E-state index in [9.17, 15) is 41.4 Å². The summed E-state index contributed by atoms with van der Waals surface area (Å²) in [6.45, 7) is 2.56. The first kappa shape index (κ1) is 36.6. The zero-order valence-electron chi connectivity index (χ0n) is 27.8. The molecule has 4 aromatic rings. The number of pyridine rings is 1. The number of benzene rings is 3. The average molecular weight is 732 g/mol. The number of aryl methyl sites for hydroxylation is 1. The first-order valence-electron chi connectivity index (χ1n) is 16.2. The molecule has 8 nitrogen and oxygen atoms in total. The van der Waals surface area contributed by atoms with Gasteiger partial charge in [0.15, 0.2) is 0 Å². The van der Waals surface area contributed by atoms with Gasteiger partial charge < -0.3 is 15.2 Å². The van der Waals surface area contributed by atoms with Gasteiger partial charge in [-0.3, -0.25) is 23.9 Å². The summed E-state index contributed by atoms with van der Waals surface area (Å²) in [5.41, 5.74) is -3.08. The number of alkyl halides is 4. The van der Waals surface area contributed by atoms with Crippen LogP contribution in [0.4, 0.5) is 30.7 Å². The number of ether oxygens (including phenoxy) is 1. The lowest BCUT2D eigenvalue weighted by Crippen LogP contribution is -2.49. The predicted octanol–water partition coefficient (Wildman–Crippen LogP) is 6.58. The number of carbonyl (C=O) groups is 2. The van der Waals surface area contributed by atoms with Crippen molar-refractivity contribution >= 4 is 11.9 Å². The van der Waals surface area contributed by atoms with Crippen molar-refractivity contribution in [1.29, 1.82) is 0 Å². The van der Waals surface area contributed by atoms with Gasteiger partial charge in [-0.1, -0.05) is 6.07 Å². The fourth-order valence-electron chi connectivity index (χ4n) is 6.69. The molecule has 0 saturated carbocycles. The number of halogens is 7. The number of carboxylic acid groups (broad SMARTS) is 1. The summed E-state index contributed by atoms with van der Waals surface area (Å²) in [6, 6.07) is 5.16. The smallest absolute Gasteiger partial charge is 0.416 e. The Morgan fingerprint density at radius 3 is 2.37 bits per heavy atom. The molecule has 0 unspecified atom stereocenters. The lowest BCUT2D eigenvalue weighted by atomic mass is 9.91. The molecule has 0 aliphatic carbocycles. The number of nitrogens with one attached hydrogen (secondary N) is 1. The van der Waals surface area contributed by atoms with Crippen LogP contribution >= 0.6 is 0 Å². The van der Waals surface area contributed by atoms with Gasteiger partial charge in [0, 0.05) is 48.6 Å². The number of carboxylic acids is 1. The van der Waals surface area contributed by atoms with Crippen molar-refractivity contribution in [3.63, 3.8) is 0 Å². The highest BCUT2D eigenvalue weighted by molar-refractivity contribution is 5.85. The average Bonchev–Trinajstić information content (AvgIpc) is 3.05. The number of hydrogen-bond donors (Lipinski definition) is 2. The molecule has 4 bridgehead atoms. The quantitative estimate of drug-likeness (QED) is 0.218. The molecule has 3 aromatic carbocycles. The summed E-state index contributed by atoms with van der Waals surface area (Å²) in [5, 5.41) is 12.2. The fourth-order valence-corrected chi connectivity index (χ4v) is 6.69. The molecule has 1 fully saturated rings. The molecule has 2 atom stereocenters. The standard InChI is InChI=1S/C37H32F7N3O5/c1-18-9-22-11-25(34(18)41)29(13-32(49)50)45-36(51)35(24-10-20(3-4-28(24)40)17-52-30-6-5-27(39)19(2)33(22)30)47-14-21(7-8-46-15-23(38)16-46)26(12-31(47)48)37(42,43)44/h3-6,9-12,14,23,29,35H,7-8,13,15-17H2,1-2H3,(H,45,51)(H,49,50)/t29-,35+/m0/s1. The Balaban J connectivity index is 1.56. The van der Waals surface area contributed by atoms with Crippen LogP contribution in [0.15, 0.2) is 59.5 Å². The number of rotatable bonds is 6. The van der Waals surface area contributed by atoms with E-state index in [0.717, 1.165) is 18.3 Å². The van der Waals surface area contributed by atoms with Crippen molar-refractivity contribution in [3.05, 3.63) is 121 Å². The van der Waals surface area contributed by atoms with Crippen LogP contribution in [-0.4, -0.2) is 52.3 Å². The molecule has 3 heterocycles. The van der Waals surface area contributed by atoms with Gasteiger partial charge in [0.05, 0.1) is 18.0 Å². The van der Waals surface area contributed by atoms with Crippen LogP contribution < -0.4 is 15.6 Å². The van der Waals surface area contributed by atoms with Crippen LogP contribution in [0, 0.1) is 31.3 Å². The summed E-state index contributed by atoms with van der Waals surface area (Å²) in [5.74, 6) is -5.16. The molecule has 2 N–H and O–H groups in total. The van der Waals surface area contributed by atoms with E-state index in [0.29, 0.717) is 4.57 Å². The number of carbonyl (C=O) groups excluding carboxylic acids is 1. The molecule has 0 spiro atoms. The van der Waals surface area contributed by atoms with Gasteiger partial charge in [-0.15, -0.1) is 0 Å². The van der Waals surface area contributed by atoms with Crippen molar-refractivity contribution in [2.75, 3.05) is 19.6 Å². The van der Waals surface area contributed by atoms with Crippen molar-refractivity contribution < 1.29 is 50.2 Å². The Morgan fingerprint density at radius 2 is 1.69 bits per heavy atom. The highest BCUT2D eigenvalue weighted by Gasteiger charge is 2.37. The molecule has 1 amide bonds. The van der Waals surface area contributed by atoms with Crippen molar-refractivity contribution in [2.45, 2.75) is 57.7 Å². The van der Waals surface area contributed by atoms with E-state index in [-0.39, 0.29) is 77.9 Å². The monoisotopic (exact) mass is 731 g/mol. The minimum Gasteiger partial charge on any atom is -0.488 e. The van der Waals surface area contributed by atoms with E-state index >= 15 is 8.78 Å². The summed E-state index contributed by atoms with van der Waals surface area (Å²) in [6.07, 6.45) is -6.56. The van der Waals surface area contributed by atoms with Crippen LogP contribution in [-0.2, 0) is 28.8 Å². The number of likely N-dealkylation sites (tertiary alicyclic amines) is 1. The van der Waals surface area contributed by atoms with Gasteiger partial charge in [-0.2, -0.15) is 13.2 Å². The van der Waals surface area contributed by atoms with Crippen molar-refractivity contribution in [2.24, 2.45) is 0 Å². The maximum absolute atomic E-state index is 15.9. The summed E-state index contributed by atoms with van der Waals surface area (Å²) >= 11 is 0. The van der Waals surface area contributed by atoms with E-state index in [2.05, 4.69) is 5.32 Å². The molecule has 274 valence electrons. The van der Waals surface area contributed by atoms with E-state index in [4.69, 9.17) is 4.74 Å². The predicted molar refractivity (Wildman–Crippen MR) is 174 cm³/mol. The second-order valence-electron chi connectivity index (χ2n) is 13.0. The second kappa shape index (κ2) is 14.1. The Labute approximate surface area is 292 Å². The van der Waals surface area contributed by atoms with Crippen LogP contribution in [0.1, 0.15) is 57.4 Å². The highest BCUT2D eigenvalue weighted by atomic mass is 19.4. The lowest BCUT2D eigenvalue weighted by molar-refractivity contribution is -0.139. The number of aromatic nitrogens is 1. The van der Waals surface area contributed by atoms with Gasteiger partial charge >= 0.3 is 12.1 Å². The zero-order chi connectivity index (χ0) is 37.6.